The molecule has 10 heteroatoms. The Hall–Kier alpha value is -4.44. The molecule has 1 amide bonds. The number of primary amides is 1. The van der Waals surface area contributed by atoms with Gasteiger partial charge in [0, 0.05) is 33.6 Å². The highest BCUT2D eigenvalue weighted by Gasteiger charge is 2.38. The maximum atomic E-state index is 12.9. The number of aromatic nitrogens is 1. The molecule has 1 aromatic heterocycles. The maximum absolute atomic E-state index is 12.9. The molecule has 0 saturated carbocycles. The fourth-order valence-electron chi connectivity index (χ4n) is 4.31. The van der Waals surface area contributed by atoms with E-state index in [4.69, 9.17) is 15.2 Å². The number of esters is 2. The van der Waals surface area contributed by atoms with E-state index in [1.807, 2.05) is 29.6 Å². The summed E-state index contributed by atoms with van der Waals surface area (Å²) in [6, 6.07) is 14.3. The van der Waals surface area contributed by atoms with Gasteiger partial charge in [0.15, 0.2) is 5.13 Å². The van der Waals surface area contributed by atoms with Crippen LogP contribution in [-0.4, -0.2) is 37.0 Å². The Kier molecular flexibility index (Phi) is 7.40. The summed E-state index contributed by atoms with van der Waals surface area (Å²) >= 11 is 1.40. The van der Waals surface area contributed by atoms with E-state index in [-0.39, 0.29) is 0 Å². The molecular formula is C27H26N4O5S. The van der Waals surface area contributed by atoms with Crippen molar-refractivity contribution < 1.29 is 23.9 Å². The van der Waals surface area contributed by atoms with Crippen molar-refractivity contribution in [2.75, 3.05) is 19.5 Å². The van der Waals surface area contributed by atoms with Crippen molar-refractivity contribution in [3.63, 3.8) is 0 Å². The first-order valence-electron chi connectivity index (χ1n) is 11.3. The molecule has 4 N–H and O–H groups in total. The van der Waals surface area contributed by atoms with Gasteiger partial charge in [0.1, 0.15) is 0 Å². The molecule has 4 rings (SSSR count). The van der Waals surface area contributed by atoms with Gasteiger partial charge in [-0.25, -0.2) is 14.6 Å². The number of carbonyl (C=O) groups is 3. The van der Waals surface area contributed by atoms with E-state index in [9.17, 15) is 14.4 Å². The van der Waals surface area contributed by atoms with Crippen LogP contribution in [0, 0.1) is 0 Å². The van der Waals surface area contributed by atoms with Crippen molar-refractivity contribution in [1.29, 1.82) is 0 Å². The van der Waals surface area contributed by atoms with E-state index in [0.717, 1.165) is 11.3 Å². The zero-order valence-electron chi connectivity index (χ0n) is 20.7. The first-order valence-corrected chi connectivity index (χ1v) is 12.2. The molecule has 0 bridgehead atoms. The third kappa shape index (κ3) is 5.10. The van der Waals surface area contributed by atoms with Crippen molar-refractivity contribution in [2.24, 2.45) is 5.73 Å². The zero-order chi connectivity index (χ0) is 26.7. The molecule has 9 nitrogen and oxygen atoms in total. The third-order valence-corrected chi connectivity index (χ3v) is 6.81. The highest BCUT2D eigenvalue weighted by atomic mass is 32.1. The number of carbonyl (C=O) groups excluding carboxylic acids is 3. The molecule has 0 fully saturated rings. The van der Waals surface area contributed by atoms with Gasteiger partial charge in [-0.2, -0.15) is 0 Å². The highest BCUT2D eigenvalue weighted by Crippen LogP contribution is 2.42. The molecule has 3 aromatic rings. The average Bonchev–Trinajstić information content (AvgIpc) is 3.36. The van der Waals surface area contributed by atoms with E-state index in [2.05, 4.69) is 15.6 Å². The van der Waals surface area contributed by atoms with Gasteiger partial charge in [-0.3, -0.25) is 4.79 Å². The van der Waals surface area contributed by atoms with Gasteiger partial charge >= 0.3 is 11.9 Å². The molecule has 1 aliphatic heterocycles. The van der Waals surface area contributed by atoms with Crippen LogP contribution >= 0.6 is 11.3 Å². The number of nitrogens with zero attached hydrogens (tertiary/aromatic N) is 1. The number of anilines is 2. The number of nitrogens with one attached hydrogen (secondary N) is 2. The quantitative estimate of drug-likeness (QED) is 0.396. The van der Waals surface area contributed by atoms with Gasteiger partial charge in [0.05, 0.1) is 37.0 Å². The van der Waals surface area contributed by atoms with Gasteiger partial charge < -0.3 is 25.8 Å². The summed E-state index contributed by atoms with van der Waals surface area (Å²) in [6.45, 7) is 3.53. The first-order chi connectivity index (χ1) is 17.7. The second-order valence-electron chi connectivity index (χ2n) is 8.31. The van der Waals surface area contributed by atoms with E-state index < -0.39 is 23.8 Å². The van der Waals surface area contributed by atoms with Gasteiger partial charge in [-0.15, -0.1) is 11.3 Å². The molecule has 0 saturated heterocycles. The number of dihydropyridines is 1. The molecule has 0 atom stereocenters. The zero-order valence-corrected chi connectivity index (χ0v) is 21.6. The summed E-state index contributed by atoms with van der Waals surface area (Å²) in [6.07, 6.45) is 0. The lowest BCUT2D eigenvalue weighted by Gasteiger charge is -2.31. The lowest BCUT2D eigenvalue weighted by Crippen LogP contribution is -2.32. The number of methoxy groups -OCH3 is 2. The minimum absolute atomic E-state index is 0.317. The number of nitrogens with two attached hydrogens (primary N) is 1. The lowest BCUT2D eigenvalue weighted by atomic mass is 9.79. The SMILES string of the molecule is COC(=O)C1=C(C)NC(C)=C(C(=O)OC)C1c1ccccc1Nc1nc(-c2ccc(C(N)=O)cc2)cs1. The van der Waals surface area contributed by atoms with E-state index in [1.165, 1.54) is 25.6 Å². The fraction of sp³-hybridized carbons (Fsp3) is 0.185. The van der Waals surface area contributed by atoms with E-state index in [0.29, 0.717) is 44.5 Å². The predicted molar refractivity (Wildman–Crippen MR) is 141 cm³/mol. The number of amides is 1. The van der Waals surface area contributed by atoms with Crippen LogP contribution in [0.1, 0.15) is 35.7 Å². The van der Waals surface area contributed by atoms with Crippen LogP contribution in [0.3, 0.4) is 0 Å². The number of benzene rings is 2. The number of hydrogen-bond acceptors (Lipinski definition) is 9. The minimum Gasteiger partial charge on any atom is -0.466 e. The topological polar surface area (TPSA) is 133 Å². The van der Waals surface area contributed by atoms with Crippen molar-refractivity contribution in [2.45, 2.75) is 19.8 Å². The number of hydrogen-bond donors (Lipinski definition) is 3. The van der Waals surface area contributed by atoms with E-state index >= 15 is 0 Å². The van der Waals surface area contributed by atoms with Crippen molar-refractivity contribution in [3.05, 3.63) is 87.6 Å². The Morgan fingerprint density at radius 3 is 2.11 bits per heavy atom. The van der Waals surface area contributed by atoms with Crippen molar-refractivity contribution in [3.8, 4) is 11.3 Å². The van der Waals surface area contributed by atoms with E-state index in [1.54, 1.807) is 38.1 Å². The van der Waals surface area contributed by atoms with Gasteiger partial charge in [-0.05, 0) is 37.6 Å². The smallest absolute Gasteiger partial charge is 0.336 e. The lowest BCUT2D eigenvalue weighted by molar-refractivity contribution is -0.137. The number of rotatable bonds is 7. The van der Waals surface area contributed by atoms with Gasteiger partial charge in [-0.1, -0.05) is 30.3 Å². The summed E-state index contributed by atoms with van der Waals surface area (Å²) in [5.41, 5.74) is 10.5. The molecule has 1 aliphatic rings. The molecule has 37 heavy (non-hydrogen) atoms. The molecule has 0 spiro atoms. The second-order valence-corrected chi connectivity index (χ2v) is 9.17. The number of para-hydroxylation sites is 1. The van der Waals surface area contributed by atoms with Crippen LogP contribution in [-0.2, 0) is 19.1 Å². The Balaban J connectivity index is 1.74. The maximum Gasteiger partial charge on any atom is 0.336 e. The Morgan fingerprint density at radius 1 is 0.946 bits per heavy atom. The predicted octanol–water partition coefficient (Wildman–Crippen LogP) is 4.23. The Morgan fingerprint density at radius 2 is 1.54 bits per heavy atom. The molecule has 190 valence electrons. The molecular weight excluding hydrogens is 492 g/mol. The fourth-order valence-corrected chi connectivity index (χ4v) is 5.04. The summed E-state index contributed by atoms with van der Waals surface area (Å²) < 4.78 is 10.1. The largest absolute Gasteiger partial charge is 0.466 e. The standard InChI is InChI=1S/C27H26N4O5S/c1-14-21(25(33)35-3)23(22(15(2)29-14)26(34)36-4)18-7-5-6-8-19(18)30-27-31-20(13-37-27)16-9-11-17(12-10-16)24(28)32/h5-13,23,29H,1-4H3,(H2,28,32)(H,30,31). The number of ether oxygens (including phenoxy) is 2. The molecule has 2 aromatic carbocycles. The highest BCUT2D eigenvalue weighted by molar-refractivity contribution is 7.14. The summed E-state index contributed by atoms with van der Waals surface area (Å²) in [5.74, 6) is -2.32. The van der Waals surface area contributed by atoms with Crippen molar-refractivity contribution >= 4 is 40.0 Å². The van der Waals surface area contributed by atoms with Crippen molar-refractivity contribution in [1.82, 2.24) is 10.3 Å². The Labute approximate surface area is 218 Å². The normalized spacial score (nSPS) is 13.7. The second kappa shape index (κ2) is 10.7. The summed E-state index contributed by atoms with van der Waals surface area (Å²) in [7, 11) is 2.61. The molecule has 0 aliphatic carbocycles. The third-order valence-electron chi connectivity index (χ3n) is 6.05. The molecule has 0 unspecified atom stereocenters. The average molecular weight is 519 g/mol. The Bertz CT molecular complexity index is 1400. The van der Waals surface area contributed by atoms with Crippen LogP contribution < -0.4 is 16.4 Å². The minimum atomic E-state index is -0.731. The van der Waals surface area contributed by atoms with Crippen LogP contribution in [0.5, 0.6) is 0 Å². The number of allylic oxidation sites excluding steroid dienone is 2. The first kappa shape index (κ1) is 25.6. The summed E-state index contributed by atoms with van der Waals surface area (Å²) in [5, 5.41) is 8.95. The van der Waals surface area contributed by atoms with Crippen LogP contribution in [0.25, 0.3) is 11.3 Å². The van der Waals surface area contributed by atoms with Crippen LogP contribution in [0.2, 0.25) is 0 Å². The van der Waals surface area contributed by atoms with Gasteiger partial charge in [0.2, 0.25) is 5.91 Å². The monoisotopic (exact) mass is 518 g/mol. The molecule has 0 radical (unpaired) electrons. The molecule has 2 heterocycles. The van der Waals surface area contributed by atoms with Gasteiger partial charge in [0.25, 0.3) is 0 Å². The summed E-state index contributed by atoms with van der Waals surface area (Å²) in [4.78, 5) is 41.8. The number of thiazole rings is 1. The van der Waals surface area contributed by atoms with Crippen LogP contribution in [0.4, 0.5) is 10.8 Å². The van der Waals surface area contributed by atoms with Crippen LogP contribution in [0.15, 0.2) is 76.5 Å².